The Hall–Kier alpha value is -3.00. The van der Waals surface area contributed by atoms with Crippen LogP contribution >= 0.6 is 0 Å². The Kier molecular flexibility index (Phi) is 7.31. The monoisotopic (exact) mass is 326 g/mol. The number of carbonyl (C=O) groups excluding carboxylic acids is 1. The number of ether oxygens (including phenoxy) is 2. The standard InChI is InChI=1S/C19H22N2O3/c1-13(2)15(4)24-14(3)12-21-19(22)17(20-5)11-16-9-7-8-10-18(16)23-6/h7-11,14H,1,4,12H2,2-3,6H3,(H,21,22). The van der Waals surface area contributed by atoms with Gasteiger partial charge in [0.15, 0.2) is 0 Å². The molecule has 24 heavy (non-hydrogen) atoms. The maximum atomic E-state index is 12.2. The van der Waals surface area contributed by atoms with Crippen LogP contribution in [-0.2, 0) is 9.53 Å². The summed E-state index contributed by atoms with van der Waals surface area (Å²) in [5.74, 6) is 0.611. The summed E-state index contributed by atoms with van der Waals surface area (Å²) in [4.78, 5) is 15.5. The quantitative estimate of drug-likeness (QED) is 0.344. The van der Waals surface area contributed by atoms with Gasteiger partial charge in [-0.15, -0.1) is 0 Å². The number of allylic oxidation sites excluding steroid dienone is 1. The van der Waals surface area contributed by atoms with Crippen molar-refractivity contribution in [2.24, 2.45) is 0 Å². The fourth-order valence-corrected chi connectivity index (χ4v) is 1.79. The van der Waals surface area contributed by atoms with Crippen molar-refractivity contribution in [1.82, 2.24) is 5.32 Å². The number of carbonyl (C=O) groups is 1. The second-order valence-electron chi connectivity index (χ2n) is 5.23. The van der Waals surface area contributed by atoms with E-state index in [0.29, 0.717) is 17.1 Å². The van der Waals surface area contributed by atoms with Crippen molar-refractivity contribution in [3.63, 3.8) is 0 Å². The van der Waals surface area contributed by atoms with Crippen LogP contribution in [0.3, 0.4) is 0 Å². The number of hydrogen-bond donors (Lipinski definition) is 1. The molecule has 0 aromatic heterocycles. The number of nitrogens with zero attached hydrogens (tertiary/aromatic N) is 1. The first kappa shape index (κ1) is 19.0. The summed E-state index contributed by atoms with van der Waals surface area (Å²) in [6.45, 7) is 18.5. The van der Waals surface area contributed by atoms with Gasteiger partial charge in [-0.3, -0.25) is 4.79 Å². The normalized spacial score (nSPS) is 11.8. The Bertz CT molecular complexity index is 699. The summed E-state index contributed by atoms with van der Waals surface area (Å²) in [5, 5.41) is 2.68. The predicted molar refractivity (Wildman–Crippen MR) is 95.1 cm³/mol. The molecular formula is C19H22N2O3. The van der Waals surface area contributed by atoms with Gasteiger partial charge in [0, 0.05) is 5.56 Å². The lowest BCUT2D eigenvalue weighted by molar-refractivity contribution is -0.117. The summed E-state index contributed by atoms with van der Waals surface area (Å²) in [6.07, 6.45) is 1.22. The number of nitrogens with one attached hydrogen (secondary N) is 1. The van der Waals surface area contributed by atoms with E-state index in [-0.39, 0.29) is 18.3 Å². The van der Waals surface area contributed by atoms with Crippen molar-refractivity contribution >= 4 is 12.0 Å². The Morgan fingerprint density at radius 2 is 2.08 bits per heavy atom. The second-order valence-corrected chi connectivity index (χ2v) is 5.23. The maximum Gasteiger partial charge on any atom is 0.250 e. The highest BCUT2D eigenvalue weighted by Gasteiger charge is 2.13. The van der Waals surface area contributed by atoms with Gasteiger partial charge in [0.2, 0.25) is 5.91 Å². The highest BCUT2D eigenvalue weighted by atomic mass is 16.5. The molecule has 5 nitrogen and oxygen atoms in total. The van der Waals surface area contributed by atoms with Crippen molar-refractivity contribution in [3.05, 3.63) is 71.4 Å². The first-order valence-electron chi connectivity index (χ1n) is 7.40. The topological polar surface area (TPSA) is 51.9 Å². The van der Waals surface area contributed by atoms with Crippen LogP contribution in [0.2, 0.25) is 0 Å². The number of rotatable bonds is 8. The van der Waals surface area contributed by atoms with Crippen molar-refractivity contribution in [2.75, 3.05) is 13.7 Å². The molecule has 1 atom stereocenters. The molecule has 1 N–H and O–H groups in total. The molecule has 1 aromatic carbocycles. The molecule has 0 saturated carbocycles. The minimum absolute atomic E-state index is 0.0228. The minimum Gasteiger partial charge on any atom is -0.496 e. The van der Waals surface area contributed by atoms with Gasteiger partial charge in [-0.1, -0.05) is 31.4 Å². The van der Waals surface area contributed by atoms with E-state index in [1.807, 2.05) is 12.1 Å². The summed E-state index contributed by atoms with van der Waals surface area (Å²) in [6, 6.07) is 7.18. The van der Waals surface area contributed by atoms with E-state index in [1.54, 1.807) is 26.0 Å². The molecule has 0 spiro atoms. The van der Waals surface area contributed by atoms with Crippen LogP contribution in [0.5, 0.6) is 5.75 Å². The van der Waals surface area contributed by atoms with E-state index in [9.17, 15) is 4.79 Å². The lowest BCUT2D eigenvalue weighted by atomic mass is 10.1. The van der Waals surface area contributed by atoms with Crippen molar-refractivity contribution in [1.29, 1.82) is 0 Å². The third kappa shape index (κ3) is 5.65. The molecule has 126 valence electrons. The number of benzene rings is 1. The zero-order valence-electron chi connectivity index (χ0n) is 14.3. The summed E-state index contributed by atoms with van der Waals surface area (Å²) in [7, 11) is 1.54. The molecule has 0 aliphatic rings. The van der Waals surface area contributed by atoms with E-state index in [2.05, 4.69) is 23.3 Å². The van der Waals surface area contributed by atoms with E-state index < -0.39 is 5.91 Å². The minimum atomic E-state index is -0.465. The van der Waals surface area contributed by atoms with Crippen LogP contribution in [0.25, 0.3) is 10.9 Å². The van der Waals surface area contributed by atoms with Crippen LogP contribution in [0.15, 0.2) is 54.5 Å². The Morgan fingerprint density at radius 1 is 1.42 bits per heavy atom. The molecule has 0 aliphatic carbocycles. The molecule has 5 heteroatoms. The third-order valence-corrected chi connectivity index (χ3v) is 3.15. The fraction of sp³-hybridized carbons (Fsp3) is 0.263. The van der Waals surface area contributed by atoms with Gasteiger partial charge >= 0.3 is 0 Å². The fourth-order valence-electron chi connectivity index (χ4n) is 1.79. The number of methoxy groups -OCH3 is 1. The van der Waals surface area contributed by atoms with Gasteiger partial charge in [0.25, 0.3) is 5.70 Å². The molecule has 1 rings (SSSR count). The Morgan fingerprint density at radius 3 is 2.67 bits per heavy atom. The molecule has 0 radical (unpaired) electrons. The van der Waals surface area contributed by atoms with Gasteiger partial charge < -0.3 is 14.8 Å². The van der Waals surface area contributed by atoms with Crippen molar-refractivity contribution in [2.45, 2.75) is 20.0 Å². The Labute approximate surface area is 143 Å². The van der Waals surface area contributed by atoms with Crippen LogP contribution in [0, 0.1) is 6.57 Å². The first-order chi connectivity index (χ1) is 11.4. The highest BCUT2D eigenvalue weighted by molar-refractivity contribution is 5.99. The summed E-state index contributed by atoms with van der Waals surface area (Å²) in [5.41, 5.74) is 1.37. The lowest BCUT2D eigenvalue weighted by Gasteiger charge is -2.17. The second kappa shape index (κ2) is 9.21. The van der Waals surface area contributed by atoms with Crippen molar-refractivity contribution in [3.8, 4) is 5.75 Å². The molecule has 0 heterocycles. The van der Waals surface area contributed by atoms with Crippen molar-refractivity contribution < 1.29 is 14.3 Å². The van der Waals surface area contributed by atoms with Crippen LogP contribution in [0.1, 0.15) is 19.4 Å². The average molecular weight is 326 g/mol. The van der Waals surface area contributed by atoms with E-state index >= 15 is 0 Å². The maximum absolute atomic E-state index is 12.2. The van der Waals surface area contributed by atoms with Crippen LogP contribution in [0.4, 0.5) is 0 Å². The van der Waals surface area contributed by atoms with Gasteiger partial charge in [-0.25, -0.2) is 4.85 Å². The molecule has 1 amide bonds. The number of para-hydroxylation sites is 1. The molecule has 1 unspecified atom stereocenters. The number of hydrogen-bond acceptors (Lipinski definition) is 3. The summed E-state index contributed by atoms with van der Waals surface area (Å²) < 4.78 is 10.7. The zero-order valence-corrected chi connectivity index (χ0v) is 14.3. The molecule has 1 aromatic rings. The summed E-state index contributed by atoms with van der Waals surface area (Å²) >= 11 is 0. The van der Waals surface area contributed by atoms with Gasteiger partial charge in [-0.05, 0) is 31.6 Å². The number of amides is 1. The molecular weight excluding hydrogens is 304 g/mol. The smallest absolute Gasteiger partial charge is 0.250 e. The van der Waals surface area contributed by atoms with Crippen LogP contribution in [-0.4, -0.2) is 25.7 Å². The predicted octanol–water partition coefficient (Wildman–Crippen LogP) is 3.57. The largest absolute Gasteiger partial charge is 0.496 e. The van der Waals surface area contributed by atoms with Gasteiger partial charge in [0.05, 0.1) is 20.2 Å². The van der Waals surface area contributed by atoms with Gasteiger partial charge in [0.1, 0.15) is 17.6 Å². The third-order valence-electron chi connectivity index (χ3n) is 3.15. The average Bonchev–Trinajstić information content (AvgIpc) is 2.57. The molecule has 0 saturated heterocycles. The first-order valence-corrected chi connectivity index (χ1v) is 7.40. The molecule has 0 aliphatic heterocycles. The highest BCUT2D eigenvalue weighted by Crippen LogP contribution is 2.20. The Balaban J connectivity index is 2.74. The van der Waals surface area contributed by atoms with E-state index in [0.717, 1.165) is 5.57 Å². The van der Waals surface area contributed by atoms with E-state index in [1.165, 1.54) is 13.2 Å². The lowest BCUT2D eigenvalue weighted by Crippen LogP contribution is -2.32. The molecule has 0 fully saturated rings. The van der Waals surface area contributed by atoms with E-state index in [4.69, 9.17) is 16.0 Å². The van der Waals surface area contributed by atoms with Crippen LogP contribution < -0.4 is 10.1 Å². The van der Waals surface area contributed by atoms with Gasteiger partial charge in [-0.2, -0.15) is 0 Å². The molecule has 0 bridgehead atoms. The SMILES string of the molecule is [C-]#[N+]C(=Cc1ccccc1OC)C(=O)NCC(C)OC(=C)C(=C)C. The zero-order chi connectivity index (χ0) is 18.1.